The molecule has 0 spiro atoms. The van der Waals surface area contributed by atoms with E-state index in [9.17, 15) is 4.79 Å². The van der Waals surface area contributed by atoms with Crippen molar-refractivity contribution in [3.8, 4) is 11.4 Å². The number of hydrogen-bond acceptors (Lipinski definition) is 5. The fraction of sp³-hybridized carbons (Fsp3) is 0.357. The molecule has 0 fully saturated rings. The minimum Gasteiger partial charge on any atom is -0.383 e. The molecule has 0 bridgehead atoms. The Balaban J connectivity index is 1.87. The number of halogens is 1. The largest absolute Gasteiger partial charge is 0.383 e. The number of methoxy groups -OCH3 is 1. The molecule has 2 aromatic rings. The normalized spacial score (nSPS) is 12.1. The van der Waals surface area contributed by atoms with Crippen LogP contribution in [0.2, 0.25) is 5.02 Å². The molecule has 2 rings (SSSR count). The van der Waals surface area contributed by atoms with E-state index < -0.39 is 0 Å². The highest BCUT2D eigenvalue weighted by atomic mass is 35.5. The molecular weight excluding hydrogens is 324 g/mol. The number of hydrogen-bond donors (Lipinski definition) is 2. The summed E-state index contributed by atoms with van der Waals surface area (Å²) in [5.41, 5.74) is 0.891. The highest BCUT2D eigenvalue weighted by molar-refractivity contribution is 7.99. The maximum atomic E-state index is 11.7. The van der Waals surface area contributed by atoms with Crippen molar-refractivity contribution in [1.29, 1.82) is 0 Å². The minimum atomic E-state index is -0.0765. The van der Waals surface area contributed by atoms with Crippen LogP contribution in [0.1, 0.15) is 6.92 Å². The minimum absolute atomic E-state index is 0.0186. The lowest BCUT2D eigenvalue weighted by Crippen LogP contribution is -2.36. The molecule has 2 N–H and O–H groups in total. The van der Waals surface area contributed by atoms with Gasteiger partial charge in [0.05, 0.1) is 12.4 Å². The van der Waals surface area contributed by atoms with Crippen LogP contribution in [0.4, 0.5) is 0 Å². The average Bonchev–Trinajstić information content (AvgIpc) is 2.95. The first-order chi connectivity index (χ1) is 10.6. The Morgan fingerprint density at radius 1 is 1.45 bits per heavy atom. The summed E-state index contributed by atoms with van der Waals surface area (Å²) in [5.74, 6) is 0.825. The van der Waals surface area contributed by atoms with Gasteiger partial charge in [-0.1, -0.05) is 23.4 Å². The van der Waals surface area contributed by atoms with E-state index in [-0.39, 0.29) is 17.7 Å². The van der Waals surface area contributed by atoms with E-state index in [0.29, 0.717) is 22.6 Å². The average molecular weight is 341 g/mol. The quantitative estimate of drug-likeness (QED) is 0.756. The maximum absolute atomic E-state index is 11.7. The van der Waals surface area contributed by atoms with E-state index in [2.05, 4.69) is 20.5 Å². The monoisotopic (exact) mass is 340 g/mol. The first-order valence-corrected chi connectivity index (χ1v) is 8.04. The predicted octanol–water partition coefficient (Wildman–Crippen LogP) is 2.37. The summed E-state index contributed by atoms with van der Waals surface area (Å²) in [6.07, 6.45) is 0. The van der Waals surface area contributed by atoms with Gasteiger partial charge in [0.15, 0.2) is 5.82 Å². The van der Waals surface area contributed by atoms with E-state index in [1.165, 1.54) is 11.8 Å². The zero-order chi connectivity index (χ0) is 15.9. The molecule has 0 aliphatic heterocycles. The number of benzene rings is 1. The molecular formula is C14H17ClN4O2S. The first-order valence-electron chi connectivity index (χ1n) is 6.68. The lowest BCUT2D eigenvalue weighted by atomic mass is 10.2. The van der Waals surface area contributed by atoms with Gasteiger partial charge in [-0.2, -0.15) is 0 Å². The fourth-order valence-electron chi connectivity index (χ4n) is 1.79. The number of carbonyl (C=O) groups excluding carboxylic acids is 1. The lowest BCUT2D eigenvalue weighted by Gasteiger charge is -2.11. The van der Waals surface area contributed by atoms with Crippen molar-refractivity contribution in [2.75, 3.05) is 19.5 Å². The summed E-state index contributed by atoms with van der Waals surface area (Å²) >= 11 is 7.12. The summed E-state index contributed by atoms with van der Waals surface area (Å²) in [6.45, 7) is 2.37. The molecule has 0 radical (unpaired) electrons. The molecule has 1 aromatic carbocycles. The van der Waals surface area contributed by atoms with Crippen molar-refractivity contribution in [3.05, 3.63) is 29.3 Å². The third-order valence-corrected chi connectivity index (χ3v) is 3.84. The van der Waals surface area contributed by atoms with Gasteiger partial charge < -0.3 is 10.1 Å². The second kappa shape index (κ2) is 8.17. The van der Waals surface area contributed by atoms with Crippen molar-refractivity contribution in [3.63, 3.8) is 0 Å². The van der Waals surface area contributed by atoms with Crippen LogP contribution in [0, 0.1) is 0 Å². The van der Waals surface area contributed by atoms with Gasteiger partial charge >= 0.3 is 0 Å². The Hall–Kier alpha value is -1.57. The predicted molar refractivity (Wildman–Crippen MR) is 87.0 cm³/mol. The zero-order valence-electron chi connectivity index (χ0n) is 12.3. The van der Waals surface area contributed by atoms with E-state index >= 15 is 0 Å². The summed E-state index contributed by atoms with van der Waals surface area (Å²) < 4.78 is 4.97. The van der Waals surface area contributed by atoms with E-state index in [0.717, 1.165) is 5.56 Å². The van der Waals surface area contributed by atoms with E-state index in [4.69, 9.17) is 16.3 Å². The van der Waals surface area contributed by atoms with Gasteiger partial charge in [0.2, 0.25) is 11.1 Å². The summed E-state index contributed by atoms with van der Waals surface area (Å²) in [6, 6.07) is 7.27. The number of H-pyrrole nitrogens is 1. The molecule has 8 heteroatoms. The highest BCUT2D eigenvalue weighted by Gasteiger charge is 2.11. The Morgan fingerprint density at radius 2 is 2.18 bits per heavy atom. The zero-order valence-corrected chi connectivity index (χ0v) is 13.9. The number of rotatable bonds is 7. The molecule has 1 heterocycles. The standard InChI is InChI=1S/C14H17ClN4O2S/c1-9(7-21-2)16-12(20)8-22-14-17-13(18-19-14)10-3-5-11(15)6-4-10/h3-6,9H,7-8H2,1-2H3,(H,16,20)(H,17,18,19). The molecule has 1 unspecified atom stereocenters. The lowest BCUT2D eigenvalue weighted by molar-refractivity contribution is -0.119. The topological polar surface area (TPSA) is 79.9 Å². The number of aromatic amines is 1. The van der Waals surface area contributed by atoms with Crippen LogP contribution < -0.4 is 5.32 Å². The van der Waals surface area contributed by atoms with Gasteiger partial charge in [-0.25, -0.2) is 4.98 Å². The number of thioether (sulfide) groups is 1. The van der Waals surface area contributed by atoms with E-state index in [1.54, 1.807) is 19.2 Å². The molecule has 118 valence electrons. The number of amides is 1. The van der Waals surface area contributed by atoms with Gasteiger partial charge in [-0.3, -0.25) is 9.89 Å². The summed E-state index contributed by atoms with van der Waals surface area (Å²) in [5, 5.41) is 11.0. The molecule has 1 aromatic heterocycles. The van der Waals surface area contributed by atoms with Crippen molar-refractivity contribution >= 4 is 29.3 Å². The van der Waals surface area contributed by atoms with Crippen molar-refractivity contribution in [2.45, 2.75) is 18.1 Å². The van der Waals surface area contributed by atoms with Gasteiger partial charge in [-0.15, -0.1) is 5.10 Å². The summed E-state index contributed by atoms with van der Waals surface area (Å²) in [7, 11) is 1.60. The Morgan fingerprint density at radius 3 is 2.86 bits per heavy atom. The van der Waals surface area contributed by atoms with Crippen LogP contribution in [0.3, 0.4) is 0 Å². The van der Waals surface area contributed by atoms with Crippen LogP contribution in [-0.2, 0) is 9.53 Å². The Labute approximate surface area is 138 Å². The van der Waals surface area contributed by atoms with Crippen molar-refractivity contribution in [1.82, 2.24) is 20.5 Å². The van der Waals surface area contributed by atoms with Crippen LogP contribution in [0.15, 0.2) is 29.4 Å². The second-order valence-electron chi connectivity index (χ2n) is 4.69. The van der Waals surface area contributed by atoms with Gasteiger partial charge in [0.1, 0.15) is 0 Å². The van der Waals surface area contributed by atoms with Gasteiger partial charge in [-0.05, 0) is 31.2 Å². The number of aromatic nitrogens is 3. The fourth-order valence-corrected chi connectivity index (χ4v) is 2.52. The molecule has 1 atom stereocenters. The number of carbonyl (C=O) groups is 1. The van der Waals surface area contributed by atoms with Crippen LogP contribution in [-0.4, -0.2) is 46.6 Å². The SMILES string of the molecule is COCC(C)NC(=O)CSc1n[nH]c(-c2ccc(Cl)cc2)n1. The Kier molecular flexibility index (Phi) is 6.23. The third-order valence-electron chi connectivity index (χ3n) is 2.74. The molecule has 22 heavy (non-hydrogen) atoms. The molecule has 0 saturated carbocycles. The number of nitrogens with one attached hydrogen (secondary N) is 2. The van der Waals surface area contributed by atoms with Gasteiger partial charge in [0.25, 0.3) is 0 Å². The van der Waals surface area contributed by atoms with Crippen molar-refractivity contribution in [2.24, 2.45) is 0 Å². The molecule has 6 nitrogen and oxygen atoms in total. The van der Waals surface area contributed by atoms with Crippen LogP contribution >= 0.6 is 23.4 Å². The maximum Gasteiger partial charge on any atom is 0.230 e. The second-order valence-corrected chi connectivity index (χ2v) is 6.06. The van der Waals surface area contributed by atoms with Gasteiger partial charge in [0, 0.05) is 23.7 Å². The number of nitrogens with zero attached hydrogens (tertiary/aromatic N) is 2. The molecule has 0 aliphatic carbocycles. The molecule has 1 amide bonds. The van der Waals surface area contributed by atoms with Crippen LogP contribution in [0.5, 0.6) is 0 Å². The molecule has 0 saturated heterocycles. The Bertz CT molecular complexity index is 618. The number of ether oxygens (including phenoxy) is 1. The highest BCUT2D eigenvalue weighted by Crippen LogP contribution is 2.20. The summed E-state index contributed by atoms with van der Waals surface area (Å²) in [4.78, 5) is 16.1. The smallest absolute Gasteiger partial charge is 0.230 e. The van der Waals surface area contributed by atoms with E-state index in [1.807, 2.05) is 19.1 Å². The molecule has 0 aliphatic rings. The van der Waals surface area contributed by atoms with Crippen molar-refractivity contribution < 1.29 is 9.53 Å². The third kappa shape index (κ3) is 5.01. The van der Waals surface area contributed by atoms with Crippen LogP contribution in [0.25, 0.3) is 11.4 Å². The first kappa shape index (κ1) is 16.8.